The van der Waals surface area contributed by atoms with Gasteiger partial charge in [0.25, 0.3) is 0 Å². The van der Waals surface area contributed by atoms with E-state index in [1.54, 1.807) is 22.3 Å². The molecule has 3 unspecified atom stereocenters. The Balaban J connectivity index is 0.000000130. The molecule has 6 aromatic rings. The molecule has 0 aliphatic heterocycles. The molecular formula is C102H114. The number of allylic oxidation sites excluding steroid dienone is 28. The molecule has 10 aliphatic rings. The Hall–Kier alpha value is -8.32. The zero-order valence-corrected chi connectivity index (χ0v) is 62.6. The van der Waals surface area contributed by atoms with Crippen LogP contribution in [0.15, 0.2) is 293 Å². The van der Waals surface area contributed by atoms with E-state index in [9.17, 15) is 0 Å². The molecule has 0 nitrogen and oxygen atoms in total. The smallest absolute Gasteiger partial charge is 0.0281 e. The maximum Gasteiger partial charge on any atom is 0.0281 e. The Morgan fingerprint density at radius 3 is 1.36 bits per heavy atom. The summed E-state index contributed by atoms with van der Waals surface area (Å²) in [6, 6.07) is 54.1. The van der Waals surface area contributed by atoms with Crippen LogP contribution in [0.3, 0.4) is 0 Å². The second kappa shape index (κ2) is 33.9. The molecule has 522 valence electrons. The molecule has 10 aliphatic carbocycles. The van der Waals surface area contributed by atoms with E-state index in [-0.39, 0.29) is 0 Å². The molecule has 102 heavy (non-hydrogen) atoms. The molecule has 0 heteroatoms. The summed E-state index contributed by atoms with van der Waals surface area (Å²) < 4.78 is 0. The minimum absolute atomic E-state index is 0.397. The maximum atomic E-state index is 2.45. The average Bonchev–Trinajstić information content (AvgIpc) is 1.58. The van der Waals surface area contributed by atoms with Gasteiger partial charge in [-0.3, -0.25) is 0 Å². The lowest BCUT2D eigenvalue weighted by molar-refractivity contribution is 0.221. The number of rotatable bonds is 21. The topological polar surface area (TPSA) is 0 Å². The molecular weight excluding hydrogens is 1230 g/mol. The second-order valence-electron chi connectivity index (χ2n) is 31.8. The number of benzene rings is 6. The number of fused-ring (bicyclic) bond motifs is 4. The first kappa shape index (κ1) is 70.7. The molecule has 16 rings (SSSR count). The SMILES string of the molecule is CC(C)c1ccc(CCCc2ccc(CC3=CC=C(c4ccc5c(c4)CCC5)C4C=CC=C34)cc2)cc1.CCC(CC)C1CCC(c2ccc(CC3=CC=C(C4=CCCC=C4)C4C=CC=C34)cc2)CC1.CCc1ccc(C2=CC=C(Cc3ccc(C4CCC(CC)CC4)cc3)C3=CC=CC32)cc1. The number of aryl methyl sites for hydroxylation is 5. The first-order valence-corrected chi connectivity index (χ1v) is 40.5. The van der Waals surface area contributed by atoms with Crippen LogP contribution in [0.25, 0.3) is 11.1 Å². The Labute approximate surface area is 615 Å². The summed E-state index contributed by atoms with van der Waals surface area (Å²) in [6.07, 6.45) is 71.1. The molecule has 6 aromatic carbocycles. The molecule has 3 atom stereocenters. The molecule has 0 spiro atoms. The van der Waals surface area contributed by atoms with E-state index in [1.165, 1.54) is 215 Å². The predicted octanol–water partition coefficient (Wildman–Crippen LogP) is 27.0. The highest BCUT2D eigenvalue weighted by Crippen LogP contribution is 2.47. The Kier molecular flexibility index (Phi) is 23.5. The zero-order valence-electron chi connectivity index (χ0n) is 62.6. The molecule has 0 aromatic heterocycles. The van der Waals surface area contributed by atoms with Gasteiger partial charge in [-0.05, 0) is 292 Å². The van der Waals surface area contributed by atoms with Gasteiger partial charge in [0.1, 0.15) is 0 Å². The van der Waals surface area contributed by atoms with Crippen molar-refractivity contribution in [3.8, 4) is 0 Å². The van der Waals surface area contributed by atoms with Gasteiger partial charge in [0.2, 0.25) is 0 Å². The quantitative estimate of drug-likeness (QED) is 0.0674. The van der Waals surface area contributed by atoms with Crippen LogP contribution in [0.1, 0.15) is 228 Å². The second-order valence-corrected chi connectivity index (χ2v) is 31.8. The summed E-state index contributed by atoms with van der Waals surface area (Å²) in [5.74, 6) is 6.25. The average molecular weight is 1340 g/mol. The van der Waals surface area contributed by atoms with Gasteiger partial charge in [0.15, 0.2) is 0 Å². The monoisotopic (exact) mass is 1340 g/mol. The van der Waals surface area contributed by atoms with Crippen molar-refractivity contribution in [3.63, 3.8) is 0 Å². The summed E-state index contributed by atoms with van der Waals surface area (Å²) in [4.78, 5) is 0. The predicted molar refractivity (Wildman–Crippen MR) is 438 cm³/mol. The van der Waals surface area contributed by atoms with E-state index in [2.05, 4.69) is 290 Å². The van der Waals surface area contributed by atoms with Crippen LogP contribution in [-0.4, -0.2) is 0 Å². The van der Waals surface area contributed by atoms with Gasteiger partial charge >= 0.3 is 0 Å². The van der Waals surface area contributed by atoms with Gasteiger partial charge in [-0.1, -0.05) is 310 Å². The minimum Gasteiger partial charge on any atom is -0.0836 e. The highest BCUT2D eigenvalue weighted by atomic mass is 14.4. The molecule has 0 heterocycles. The molecule has 0 radical (unpaired) electrons. The van der Waals surface area contributed by atoms with E-state index in [1.807, 2.05) is 0 Å². The van der Waals surface area contributed by atoms with Gasteiger partial charge in [-0.2, -0.15) is 0 Å². The largest absolute Gasteiger partial charge is 0.0836 e. The normalized spacial score (nSPS) is 22.8. The first-order valence-electron chi connectivity index (χ1n) is 40.5. The summed E-state index contributed by atoms with van der Waals surface area (Å²) in [5.41, 5.74) is 33.6. The van der Waals surface area contributed by atoms with E-state index >= 15 is 0 Å². The summed E-state index contributed by atoms with van der Waals surface area (Å²) in [6.45, 7) is 13.8. The van der Waals surface area contributed by atoms with Gasteiger partial charge in [-0.15, -0.1) is 0 Å². The fraction of sp³-hybridized carbons (Fsp3) is 0.373. The lowest BCUT2D eigenvalue weighted by Gasteiger charge is -2.33. The molecule has 0 saturated heterocycles. The standard InChI is InChI=1S/C37H38.C33H40.C32H36/c1-26(2)30-18-16-28(17-19-30)7-3-6-27-12-14-29(15-13-27)24-33-22-23-36(37-11-5-10-35(33)37)34-21-20-31-8-4-9-32(31)25-34;1-3-25(4-2)26-17-19-28(20-18-26)27-15-13-24(14-16-27)23-30-21-22-32(29-9-6-5-7-10-29)33-12-8-11-31(30)33;1-3-23-8-14-26(15-9-23)27-16-12-25(13-17-27)22-29-20-21-31(32-7-5-6-30(29)32)28-18-10-24(4-2)11-19-28/h5,10-23,25-26,37H,3-4,6-9,24H2,1-2H3;6,8-16,21-22,25-26,28,33H,3-5,7,17-20,23H2,1-2H3;5-7,10-13,16-21,23,26,32H,3-4,8-9,14-15,22H2,1-2H3. The van der Waals surface area contributed by atoms with Crippen molar-refractivity contribution in [2.45, 2.75) is 207 Å². The molecule has 2 fully saturated rings. The third-order valence-electron chi connectivity index (χ3n) is 25.3. The van der Waals surface area contributed by atoms with Crippen molar-refractivity contribution in [1.82, 2.24) is 0 Å². The number of hydrogen-bond acceptors (Lipinski definition) is 0. The maximum absolute atomic E-state index is 2.45. The Morgan fingerprint density at radius 1 is 0.402 bits per heavy atom. The lowest BCUT2D eigenvalue weighted by atomic mass is 9.72. The van der Waals surface area contributed by atoms with Crippen molar-refractivity contribution in [1.29, 1.82) is 0 Å². The van der Waals surface area contributed by atoms with Crippen molar-refractivity contribution in [2.24, 2.45) is 35.5 Å². The van der Waals surface area contributed by atoms with Crippen LogP contribution in [0, 0.1) is 35.5 Å². The van der Waals surface area contributed by atoms with Crippen molar-refractivity contribution >= 4 is 11.1 Å². The zero-order chi connectivity index (χ0) is 69.7. The summed E-state index contributed by atoms with van der Waals surface area (Å²) >= 11 is 0. The van der Waals surface area contributed by atoms with Crippen LogP contribution in [0.2, 0.25) is 0 Å². The van der Waals surface area contributed by atoms with Crippen molar-refractivity contribution in [3.05, 3.63) is 366 Å². The third-order valence-corrected chi connectivity index (χ3v) is 25.3. The van der Waals surface area contributed by atoms with Gasteiger partial charge < -0.3 is 0 Å². The van der Waals surface area contributed by atoms with Gasteiger partial charge in [0.05, 0.1) is 0 Å². The Bertz CT molecular complexity index is 4340. The van der Waals surface area contributed by atoms with Crippen LogP contribution >= 0.6 is 0 Å². The van der Waals surface area contributed by atoms with E-state index in [4.69, 9.17) is 0 Å². The molecule has 2 saturated carbocycles. The lowest BCUT2D eigenvalue weighted by Crippen LogP contribution is -2.20. The van der Waals surface area contributed by atoms with E-state index in [0.717, 1.165) is 68.1 Å². The van der Waals surface area contributed by atoms with Crippen molar-refractivity contribution < 1.29 is 0 Å². The highest BCUT2D eigenvalue weighted by Gasteiger charge is 2.32. The van der Waals surface area contributed by atoms with E-state index < -0.39 is 0 Å². The fourth-order valence-electron chi connectivity index (χ4n) is 18.8. The first-order chi connectivity index (χ1) is 50.1. The van der Waals surface area contributed by atoms with Crippen LogP contribution in [0.5, 0.6) is 0 Å². The van der Waals surface area contributed by atoms with E-state index in [0.29, 0.717) is 23.7 Å². The number of hydrogen-bond donors (Lipinski definition) is 0. The van der Waals surface area contributed by atoms with Gasteiger partial charge in [-0.25, -0.2) is 0 Å². The molecule has 0 amide bonds. The Morgan fingerprint density at radius 2 is 0.863 bits per heavy atom. The summed E-state index contributed by atoms with van der Waals surface area (Å²) in [5, 5.41) is 0. The van der Waals surface area contributed by atoms with Crippen LogP contribution in [-0.2, 0) is 51.4 Å². The van der Waals surface area contributed by atoms with Gasteiger partial charge in [0, 0.05) is 17.8 Å². The molecule has 0 N–H and O–H groups in total. The minimum atomic E-state index is 0.397. The fourth-order valence-corrected chi connectivity index (χ4v) is 18.8. The molecule has 0 bridgehead atoms. The van der Waals surface area contributed by atoms with Crippen LogP contribution in [0.4, 0.5) is 0 Å². The third kappa shape index (κ3) is 16.8. The summed E-state index contributed by atoms with van der Waals surface area (Å²) in [7, 11) is 0. The highest BCUT2D eigenvalue weighted by molar-refractivity contribution is 5.80. The van der Waals surface area contributed by atoms with Crippen LogP contribution < -0.4 is 0 Å². The van der Waals surface area contributed by atoms with Crippen molar-refractivity contribution in [2.75, 3.05) is 0 Å².